The fourth-order valence-corrected chi connectivity index (χ4v) is 3.26. The van der Waals surface area contributed by atoms with Crippen LogP contribution in [0.4, 0.5) is 9.18 Å². The van der Waals surface area contributed by atoms with Crippen LogP contribution >= 0.6 is 0 Å². The van der Waals surface area contributed by atoms with Crippen LogP contribution < -0.4 is 0 Å². The van der Waals surface area contributed by atoms with E-state index < -0.39 is 35.5 Å². The van der Waals surface area contributed by atoms with E-state index in [1.807, 2.05) is 0 Å². The summed E-state index contributed by atoms with van der Waals surface area (Å²) >= 11 is 0. The number of rotatable bonds is 3. The second-order valence-electron chi connectivity index (χ2n) is 6.13. The Balaban J connectivity index is 1.73. The number of hydrogen-bond donors (Lipinski definition) is 1. The number of nitrogens with zero attached hydrogens (tertiary/aromatic N) is 2. The third-order valence-electron chi connectivity index (χ3n) is 4.58. The average Bonchev–Trinajstić information content (AvgIpc) is 2.85. The predicted molar refractivity (Wildman–Crippen MR) is 89.4 cm³/mol. The normalized spacial score (nSPS) is 18.7. The van der Waals surface area contributed by atoms with Crippen molar-refractivity contribution < 1.29 is 28.6 Å². The van der Waals surface area contributed by atoms with Gasteiger partial charge >= 0.3 is 6.09 Å². The molecule has 0 unspecified atom stereocenters. The van der Waals surface area contributed by atoms with Gasteiger partial charge in [0.25, 0.3) is 11.8 Å². The smallest absolute Gasteiger partial charge is 0.409 e. The molecule has 3 amide bonds. The molecular weight excluding hydrogens is 343 g/mol. The summed E-state index contributed by atoms with van der Waals surface area (Å²) in [6.07, 6.45) is 0.388. The van der Waals surface area contributed by atoms with Crippen LogP contribution in [0.3, 0.4) is 0 Å². The zero-order valence-electron chi connectivity index (χ0n) is 14.3. The summed E-state index contributed by atoms with van der Waals surface area (Å²) in [7, 11) is 0. The van der Waals surface area contributed by atoms with Crippen LogP contribution in [0.5, 0.6) is 0 Å². The number of benzene rings is 1. The van der Waals surface area contributed by atoms with E-state index in [1.54, 1.807) is 6.92 Å². The number of aliphatic hydroxyl groups excluding tert-OH is 1. The lowest BCUT2D eigenvalue weighted by Crippen LogP contribution is -2.49. The van der Waals surface area contributed by atoms with Crippen LogP contribution in [0, 0.1) is 5.82 Å². The van der Waals surface area contributed by atoms with E-state index in [1.165, 1.54) is 17.0 Å². The summed E-state index contributed by atoms with van der Waals surface area (Å²) in [6, 6.07) is 4.60. The third-order valence-corrected chi connectivity index (χ3v) is 4.58. The van der Waals surface area contributed by atoms with Gasteiger partial charge in [-0.25, -0.2) is 9.18 Å². The largest absolute Gasteiger partial charge is 0.502 e. The van der Waals surface area contributed by atoms with Gasteiger partial charge in [-0.3, -0.25) is 14.5 Å². The first kappa shape index (κ1) is 17.9. The number of amides is 3. The van der Waals surface area contributed by atoms with Crippen molar-refractivity contribution in [1.82, 2.24) is 9.80 Å². The van der Waals surface area contributed by atoms with Crippen molar-refractivity contribution in [3.05, 3.63) is 41.4 Å². The molecule has 0 saturated carbocycles. The first-order chi connectivity index (χ1) is 12.4. The minimum atomic E-state index is -0.760. The van der Waals surface area contributed by atoms with Crippen LogP contribution in [-0.2, 0) is 14.3 Å². The van der Waals surface area contributed by atoms with Crippen LogP contribution in [0.2, 0.25) is 0 Å². The maximum Gasteiger partial charge on any atom is 0.409 e. The number of imide groups is 1. The molecule has 138 valence electrons. The molecule has 2 aliphatic heterocycles. The molecule has 26 heavy (non-hydrogen) atoms. The Hall–Kier alpha value is -2.90. The standard InChI is InChI=1S/C18H19FN2O5/c1-2-26-18(25)20-9-7-13(8-10-20)21-16(23)14(15(22)17(21)24)11-3-5-12(19)6-4-11/h3-6,13,22H,2,7-10H2,1H3. The quantitative estimate of drug-likeness (QED) is 0.832. The van der Waals surface area contributed by atoms with Gasteiger partial charge in [0.15, 0.2) is 5.76 Å². The zero-order valence-corrected chi connectivity index (χ0v) is 14.3. The van der Waals surface area contributed by atoms with Crippen LogP contribution in [-0.4, -0.2) is 58.6 Å². The highest BCUT2D eigenvalue weighted by Gasteiger charge is 2.44. The van der Waals surface area contributed by atoms with Gasteiger partial charge in [-0.2, -0.15) is 0 Å². The molecule has 3 rings (SSSR count). The maximum atomic E-state index is 13.1. The van der Waals surface area contributed by atoms with E-state index in [2.05, 4.69) is 0 Å². The Morgan fingerprint density at radius 3 is 2.38 bits per heavy atom. The van der Waals surface area contributed by atoms with Crippen molar-refractivity contribution >= 4 is 23.5 Å². The topological polar surface area (TPSA) is 87.2 Å². The Labute approximate surface area is 149 Å². The molecule has 1 saturated heterocycles. The van der Waals surface area contributed by atoms with Crippen molar-refractivity contribution in [3.63, 3.8) is 0 Å². The second-order valence-corrected chi connectivity index (χ2v) is 6.13. The molecule has 0 radical (unpaired) electrons. The second kappa shape index (κ2) is 7.15. The van der Waals surface area contributed by atoms with Crippen LogP contribution in [0.1, 0.15) is 25.3 Å². The van der Waals surface area contributed by atoms with Crippen molar-refractivity contribution in [2.75, 3.05) is 19.7 Å². The summed E-state index contributed by atoms with van der Waals surface area (Å²) < 4.78 is 18.0. The fraction of sp³-hybridized carbons (Fsp3) is 0.389. The Kier molecular flexibility index (Phi) is 4.92. The van der Waals surface area contributed by atoms with Gasteiger partial charge in [-0.15, -0.1) is 0 Å². The number of likely N-dealkylation sites (tertiary alicyclic amines) is 1. The molecule has 2 heterocycles. The lowest BCUT2D eigenvalue weighted by Gasteiger charge is -2.35. The van der Waals surface area contributed by atoms with E-state index in [0.29, 0.717) is 25.9 Å². The predicted octanol–water partition coefficient (Wildman–Crippen LogP) is 2.08. The van der Waals surface area contributed by atoms with E-state index >= 15 is 0 Å². The third kappa shape index (κ3) is 3.14. The fourth-order valence-electron chi connectivity index (χ4n) is 3.26. The first-order valence-electron chi connectivity index (χ1n) is 8.42. The van der Waals surface area contributed by atoms with Gasteiger partial charge in [0.1, 0.15) is 5.82 Å². The van der Waals surface area contributed by atoms with Gasteiger partial charge in [0.05, 0.1) is 12.2 Å². The number of hydrogen-bond acceptors (Lipinski definition) is 5. The van der Waals surface area contributed by atoms with Gasteiger partial charge in [0.2, 0.25) is 0 Å². The summed E-state index contributed by atoms with van der Waals surface area (Å²) in [4.78, 5) is 39.4. The Morgan fingerprint density at radius 2 is 1.81 bits per heavy atom. The Morgan fingerprint density at radius 1 is 1.19 bits per heavy atom. The molecule has 1 aromatic rings. The molecule has 2 aliphatic rings. The summed E-state index contributed by atoms with van der Waals surface area (Å²) in [5.74, 6) is -2.47. The number of piperidine rings is 1. The number of carbonyl (C=O) groups is 3. The zero-order chi connectivity index (χ0) is 18.8. The molecule has 0 aromatic heterocycles. The lowest BCUT2D eigenvalue weighted by molar-refractivity contribution is -0.141. The molecule has 0 atom stereocenters. The van der Waals surface area contributed by atoms with E-state index in [-0.39, 0.29) is 17.7 Å². The lowest BCUT2D eigenvalue weighted by atomic mass is 10.0. The summed E-state index contributed by atoms with van der Waals surface area (Å²) in [5.41, 5.74) is 0.163. The highest BCUT2D eigenvalue weighted by Crippen LogP contribution is 2.32. The SMILES string of the molecule is CCOC(=O)N1CCC(N2C(=O)C(O)=C(c3ccc(F)cc3)C2=O)CC1. The van der Waals surface area contributed by atoms with Crippen LogP contribution in [0.25, 0.3) is 5.57 Å². The highest BCUT2D eigenvalue weighted by atomic mass is 19.1. The molecule has 8 heteroatoms. The van der Waals surface area contributed by atoms with Crippen molar-refractivity contribution in [1.29, 1.82) is 0 Å². The minimum Gasteiger partial charge on any atom is -0.502 e. The van der Waals surface area contributed by atoms with Crippen molar-refractivity contribution in [3.8, 4) is 0 Å². The van der Waals surface area contributed by atoms with E-state index in [0.717, 1.165) is 17.0 Å². The van der Waals surface area contributed by atoms with Gasteiger partial charge in [0, 0.05) is 19.1 Å². The minimum absolute atomic E-state index is 0.122. The summed E-state index contributed by atoms with van der Waals surface area (Å²) in [5, 5.41) is 10.2. The molecule has 0 spiro atoms. The summed E-state index contributed by atoms with van der Waals surface area (Å²) in [6.45, 7) is 2.71. The average molecular weight is 362 g/mol. The molecule has 1 fully saturated rings. The molecule has 0 aliphatic carbocycles. The number of ether oxygens (including phenoxy) is 1. The number of halogens is 1. The molecular formula is C18H19FN2O5. The van der Waals surface area contributed by atoms with Crippen LogP contribution in [0.15, 0.2) is 30.0 Å². The first-order valence-corrected chi connectivity index (χ1v) is 8.42. The van der Waals surface area contributed by atoms with Gasteiger partial charge < -0.3 is 14.7 Å². The molecule has 1 N–H and O–H groups in total. The molecule has 1 aromatic carbocycles. The monoisotopic (exact) mass is 362 g/mol. The highest BCUT2D eigenvalue weighted by molar-refractivity contribution is 6.35. The Bertz CT molecular complexity index is 766. The van der Waals surface area contributed by atoms with Crippen molar-refractivity contribution in [2.24, 2.45) is 0 Å². The van der Waals surface area contributed by atoms with E-state index in [4.69, 9.17) is 4.74 Å². The van der Waals surface area contributed by atoms with Gasteiger partial charge in [-0.05, 0) is 37.5 Å². The maximum absolute atomic E-state index is 13.1. The number of aliphatic hydroxyl groups is 1. The molecule has 0 bridgehead atoms. The van der Waals surface area contributed by atoms with Gasteiger partial charge in [-0.1, -0.05) is 12.1 Å². The molecule has 7 nitrogen and oxygen atoms in total. The van der Waals surface area contributed by atoms with E-state index in [9.17, 15) is 23.9 Å². The van der Waals surface area contributed by atoms with Crippen molar-refractivity contribution in [2.45, 2.75) is 25.8 Å². The number of carbonyl (C=O) groups excluding carboxylic acids is 3.